The summed E-state index contributed by atoms with van der Waals surface area (Å²) in [6, 6.07) is 10.6. The predicted molar refractivity (Wildman–Crippen MR) is 106 cm³/mol. The maximum absolute atomic E-state index is 13.3. The highest BCUT2D eigenvalue weighted by Crippen LogP contribution is 2.28. The Hall–Kier alpha value is -3.42. The van der Waals surface area contributed by atoms with E-state index in [2.05, 4.69) is 10.2 Å². The van der Waals surface area contributed by atoms with Gasteiger partial charge in [-0.3, -0.25) is 4.79 Å². The summed E-state index contributed by atoms with van der Waals surface area (Å²) in [5.74, 6) is 0.264. The Bertz CT molecular complexity index is 1110. The van der Waals surface area contributed by atoms with E-state index >= 15 is 0 Å². The van der Waals surface area contributed by atoms with Crippen molar-refractivity contribution in [2.75, 3.05) is 7.11 Å². The second kappa shape index (κ2) is 7.20. The molecule has 8 nitrogen and oxygen atoms in total. The van der Waals surface area contributed by atoms with E-state index in [0.717, 1.165) is 22.1 Å². The summed E-state index contributed by atoms with van der Waals surface area (Å²) >= 11 is 0. The average Bonchev–Trinajstić information content (AvgIpc) is 3.10. The second-order valence-corrected chi connectivity index (χ2v) is 7.29. The third kappa shape index (κ3) is 3.30. The summed E-state index contributed by atoms with van der Waals surface area (Å²) in [5, 5.41) is 19.8. The molecule has 29 heavy (non-hydrogen) atoms. The first-order valence-electron chi connectivity index (χ1n) is 9.38. The van der Waals surface area contributed by atoms with Crippen molar-refractivity contribution in [1.29, 1.82) is 0 Å². The minimum Gasteiger partial charge on any atom is -0.497 e. The number of hydrogen-bond donors (Lipinski definition) is 1. The molecule has 0 fully saturated rings. The number of nitrogens with zero attached hydrogens (tertiary/aromatic N) is 4. The molecule has 0 radical (unpaired) electrons. The van der Waals surface area contributed by atoms with Crippen LogP contribution in [0.15, 0.2) is 36.4 Å². The molecule has 2 aromatic carbocycles. The predicted octanol–water partition coefficient (Wildman–Crippen LogP) is 2.35. The number of carboxylic acid groups (broad SMARTS) is 1. The standard InChI is InChI=1S/C21H22N4O4/c1-12(14-4-5-16-9-17(29-3)7-6-15(16)8-14)20(26)25-11-19-23-22-13(2)24(19)10-18(25)21(27)28/h4-9,12,18H,10-11H2,1-3H3,(H,27,28). The molecule has 2 heterocycles. The molecule has 1 aromatic heterocycles. The fourth-order valence-electron chi connectivity index (χ4n) is 3.79. The third-order valence-corrected chi connectivity index (χ3v) is 5.57. The Morgan fingerprint density at radius 1 is 1.17 bits per heavy atom. The van der Waals surface area contributed by atoms with E-state index in [-0.39, 0.29) is 19.0 Å². The SMILES string of the molecule is COc1ccc2cc(C(C)C(=O)N3Cc4nnc(C)n4CC3C(=O)O)ccc2c1. The molecule has 0 saturated heterocycles. The first-order chi connectivity index (χ1) is 13.9. The first kappa shape index (κ1) is 18.9. The molecule has 3 aromatic rings. The molecule has 1 amide bonds. The van der Waals surface area contributed by atoms with Crippen molar-refractivity contribution in [3.05, 3.63) is 53.6 Å². The van der Waals surface area contributed by atoms with E-state index < -0.39 is 17.9 Å². The van der Waals surface area contributed by atoms with Crippen molar-refractivity contribution in [2.45, 2.75) is 38.9 Å². The highest BCUT2D eigenvalue weighted by atomic mass is 16.5. The van der Waals surface area contributed by atoms with Crippen molar-refractivity contribution in [1.82, 2.24) is 19.7 Å². The maximum Gasteiger partial charge on any atom is 0.328 e. The quantitative estimate of drug-likeness (QED) is 0.730. The number of carboxylic acids is 1. The normalized spacial score (nSPS) is 17.1. The van der Waals surface area contributed by atoms with Crippen LogP contribution in [0.5, 0.6) is 5.75 Å². The summed E-state index contributed by atoms with van der Waals surface area (Å²) in [7, 11) is 1.62. The number of rotatable bonds is 4. The fraction of sp³-hybridized carbons (Fsp3) is 0.333. The summed E-state index contributed by atoms with van der Waals surface area (Å²) in [6.45, 7) is 3.86. The largest absolute Gasteiger partial charge is 0.497 e. The number of benzene rings is 2. The summed E-state index contributed by atoms with van der Waals surface area (Å²) in [6.07, 6.45) is 0. The Kier molecular flexibility index (Phi) is 4.70. The van der Waals surface area contributed by atoms with Gasteiger partial charge < -0.3 is 19.3 Å². The van der Waals surface area contributed by atoms with Crippen molar-refractivity contribution in [3.63, 3.8) is 0 Å². The number of carbonyl (C=O) groups excluding carboxylic acids is 1. The van der Waals surface area contributed by atoms with Crippen LogP contribution in [-0.2, 0) is 22.7 Å². The molecule has 1 N–H and O–H groups in total. The maximum atomic E-state index is 13.3. The van der Waals surface area contributed by atoms with Crippen LogP contribution in [-0.4, -0.2) is 49.8 Å². The van der Waals surface area contributed by atoms with Gasteiger partial charge in [-0.15, -0.1) is 10.2 Å². The second-order valence-electron chi connectivity index (χ2n) is 7.29. The molecule has 0 saturated carbocycles. The molecule has 1 aliphatic rings. The smallest absolute Gasteiger partial charge is 0.328 e. The number of aliphatic carboxylic acids is 1. The monoisotopic (exact) mass is 394 g/mol. The van der Waals surface area contributed by atoms with Gasteiger partial charge in [0.15, 0.2) is 5.82 Å². The molecule has 1 aliphatic heterocycles. The van der Waals surface area contributed by atoms with Gasteiger partial charge in [0.05, 0.1) is 26.1 Å². The zero-order valence-electron chi connectivity index (χ0n) is 16.5. The Morgan fingerprint density at radius 3 is 2.62 bits per heavy atom. The minimum absolute atomic E-state index is 0.131. The lowest BCUT2D eigenvalue weighted by Gasteiger charge is -2.35. The molecule has 4 rings (SSSR count). The number of hydrogen-bond acceptors (Lipinski definition) is 5. The summed E-state index contributed by atoms with van der Waals surface area (Å²) < 4.78 is 7.01. The third-order valence-electron chi connectivity index (χ3n) is 5.57. The van der Waals surface area contributed by atoms with Crippen LogP contribution in [0, 0.1) is 6.92 Å². The van der Waals surface area contributed by atoms with Crippen LogP contribution < -0.4 is 4.74 Å². The number of methoxy groups -OCH3 is 1. The van der Waals surface area contributed by atoms with E-state index in [9.17, 15) is 14.7 Å². The van der Waals surface area contributed by atoms with Crippen LogP contribution >= 0.6 is 0 Å². The lowest BCUT2D eigenvalue weighted by Crippen LogP contribution is -2.51. The Morgan fingerprint density at radius 2 is 1.90 bits per heavy atom. The van der Waals surface area contributed by atoms with Gasteiger partial charge in [0.25, 0.3) is 0 Å². The van der Waals surface area contributed by atoms with Gasteiger partial charge in [0, 0.05) is 0 Å². The summed E-state index contributed by atoms with van der Waals surface area (Å²) in [4.78, 5) is 26.5. The molecular weight excluding hydrogens is 372 g/mol. The molecule has 8 heteroatoms. The number of carbonyl (C=O) groups is 2. The molecular formula is C21H22N4O4. The van der Waals surface area contributed by atoms with E-state index in [4.69, 9.17) is 4.74 Å². The summed E-state index contributed by atoms with van der Waals surface area (Å²) in [5.41, 5.74) is 0.833. The van der Waals surface area contributed by atoms with E-state index in [1.165, 1.54) is 4.90 Å². The van der Waals surface area contributed by atoms with Crippen molar-refractivity contribution in [3.8, 4) is 5.75 Å². The zero-order valence-corrected chi connectivity index (χ0v) is 16.5. The number of aryl methyl sites for hydroxylation is 1. The van der Waals surface area contributed by atoms with Gasteiger partial charge >= 0.3 is 5.97 Å². The van der Waals surface area contributed by atoms with Crippen LogP contribution in [0.2, 0.25) is 0 Å². The van der Waals surface area contributed by atoms with Gasteiger partial charge in [-0.2, -0.15) is 0 Å². The lowest BCUT2D eigenvalue weighted by molar-refractivity contribution is -0.153. The fourth-order valence-corrected chi connectivity index (χ4v) is 3.79. The van der Waals surface area contributed by atoms with Gasteiger partial charge in [-0.1, -0.05) is 24.3 Å². The van der Waals surface area contributed by atoms with Crippen molar-refractivity contribution < 1.29 is 19.4 Å². The van der Waals surface area contributed by atoms with Crippen LogP contribution in [0.4, 0.5) is 0 Å². The number of amides is 1. The van der Waals surface area contributed by atoms with Crippen LogP contribution in [0.1, 0.15) is 30.1 Å². The van der Waals surface area contributed by atoms with E-state index in [1.807, 2.05) is 36.4 Å². The molecule has 2 atom stereocenters. The average molecular weight is 394 g/mol. The van der Waals surface area contributed by atoms with Gasteiger partial charge in [-0.25, -0.2) is 4.79 Å². The molecule has 0 spiro atoms. The topological polar surface area (TPSA) is 97.5 Å². The van der Waals surface area contributed by atoms with Gasteiger partial charge in [0.2, 0.25) is 5.91 Å². The number of fused-ring (bicyclic) bond motifs is 2. The zero-order chi connectivity index (χ0) is 20.7. The molecule has 0 aliphatic carbocycles. The molecule has 150 valence electrons. The first-order valence-corrected chi connectivity index (χ1v) is 9.38. The van der Waals surface area contributed by atoms with E-state index in [0.29, 0.717) is 11.6 Å². The van der Waals surface area contributed by atoms with Crippen LogP contribution in [0.25, 0.3) is 10.8 Å². The lowest BCUT2D eigenvalue weighted by atomic mass is 9.95. The Labute approximate surface area is 167 Å². The highest BCUT2D eigenvalue weighted by molar-refractivity contribution is 5.90. The minimum atomic E-state index is -1.03. The highest BCUT2D eigenvalue weighted by Gasteiger charge is 2.38. The number of ether oxygens (including phenoxy) is 1. The Balaban J connectivity index is 1.64. The van der Waals surface area contributed by atoms with E-state index in [1.54, 1.807) is 25.5 Å². The molecule has 2 unspecified atom stereocenters. The van der Waals surface area contributed by atoms with Crippen molar-refractivity contribution >= 4 is 22.6 Å². The van der Waals surface area contributed by atoms with Gasteiger partial charge in [0.1, 0.15) is 17.6 Å². The number of aromatic nitrogens is 3. The van der Waals surface area contributed by atoms with Gasteiger partial charge in [-0.05, 0) is 42.3 Å². The van der Waals surface area contributed by atoms with Crippen molar-refractivity contribution in [2.24, 2.45) is 0 Å². The van der Waals surface area contributed by atoms with Crippen LogP contribution in [0.3, 0.4) is 0 Å². The molecule has 0 bridgehead atoms.